The molecule has 0 bridgehead atoms. The number of likely N-dealkylation sites (N-methyl/N-ethyl adjacent to an activating group) is 1. The summed E-state index contributed by atoms with van der Waals surface area (Å²) in [5.74, 6) is -4.48. The number of carbonyl (C=O) groups is 7. The van der Waals surface area contributed by atoms with Crippen LogP contribution in [0.3, 0.4) is 0 Å². The summed E-state index contributed by atoms with van der Waals surface area (Å²) in [5, 5.41) is 4.54. The van der Waals surface area contributed by atoms with Crippen molar-refractivity contribution in [1.82, 2.24) is 25.3 Å². The molecule has 3 heterocycles. The van der Waals surface area contributed by atoms with E-state index in [1.54, 1.807) is 44.2 Å². The van der Waals surface area contributed by atoms with Crippen LogP contribution in [0.5, 0.6) is 0 Å². The second-order valence-corrected chi connectivity index (χ2v) is 14.1. The van der Waals surface area contributed by atoms with E-state index < -0.39 is 69.9 Å². The SMILES string of the molecule is CCOC(=O)C=C[C@]1(C(=O)OC(c2ccccc2)c2ccccc2)CN2C(=O)[C@@H](NC(=O)[C@H](NC(=O)N3CCN(CC)C(=O)C3=O)c3ccccc3)[C@H]2S1. The van der Waals surface area contributed by atoms with E-state index in [4.69, 9.17) is 9.47 Å². The van der Waals surface area contributed by atoms with E-state index in [9.17, 15) is 33.6 Å². The maximum Gasteiger partial charge on any atom is 0.330 e. The maximum absolute atomic E-state index is 14.3. The van der Waals surface area contributed by atoms with Gasteiger partial charge in [0.2, 0.25) is 11.8 Å². The molecule has 0 radical (unpaired) electrons. The second-order valence-electron chi connectivity index (χ2n) is 12.7. The van der Waals surface area contributed by atoms with Crippen LogP contribution in [-0.4, -0.2) is 105 Å². The van der Waals surface area contributed by atoms with Gasteiger partial charge < -0.3 is 29.9 Å². The average molecular weight is 754 g/mol. The summed E-state index contributed by atoms with van der Waals surface area (Å²) < 4.78 is 9.72. The molecule has 0 aromatic heterocycles. The van der Waals surface area contributed by atoms with Gasteiger partial charge in [-0.15, -0.1) is 11.8 Å². The number of nitrogens with zero attached hydrogens (tertiary/aromatic N) is 3. The largest absolute Gasteiger partial charge is 0.463 e. The Morgan fingerprint density at radius 3 is 2.02 bits per heavy atom. The minimum absolute atomic E-state index is 0.0605. The van der Waals surface area contributed by atoms with Crippen molar-refractivity contribution in [2.24, 2.45) is 0 Å². The highest BCUT2D eigenvalue weighted by molar-refractivity contribution is 8.02. The Kier molecular flexibility index (Phi) is 11.5. The van der Waals surface area contributed by atoms with Crippen LogP contribution in [0.2, 0.25) is 0 Å². The molecule has 3 fully saturated rings. The first-order valence-electron chi connectivity index (χ1n) is 17.5. The third kappa shape index (κ3) is 7.71. The fourth-order valence-electron chi connectivity index (χ4n) is 6.47. The van der Waals surface area contributed by atoms with Crippen LogP contribution in [0.25, 0.3) is 0 Å². The highest BCUT2D eigenvalue weighted by atomic mass is 32.2. The Morgan fingerprint density at radius 2 is 1.44 bits per heavy atom. The number of esters is 2. The smallest absolute Gasteiger partial charge is 0.330 e. The Hall–Kier alpha value is -5.96. The molecule has 0 spiro atoms. The molecule has 6 amide bonds. The highest BCUT2D eigenvalue weighted by Crippen LogP contribution is 2.49. The molecule has 14 nitrogen and oxygen atoms in total. The molecule has 0 aliphatic carbocycles. The van der Waals surface area contributed by atoms with Crippen molar-refractivity contribution in [1.29, 1.82) is 0 Å². The van der Waals surface area contributed by atoms with Crippen LogP contribution in [0.4, 0.5) is 4.79 Å². The molecule has 15 heteroatoms. The first-order valence-corrected chi connectivity index (χ1v) is 18.4. The minimum Gasteiger partial charge on any atom is -0.463 e. The van der Waals surface area contributed by atoms with Crippen molar-refractivity contribution in [2.75, 3.05) is 32.8 Å². The highest BCUT2D eigenvalue weighted by Gasteiger charge is 2.62. The van der Waals surface area contributed by atoms with E-state index in [1.165, 1.54) is 15.9 Å². The average Bonchev–Trinajstić information content (AvgIpc) is 3.56. The molecular weight excluding hydrogens is 715 g/mol. The molecule has 6 rings (SSSR count). The summed E-state index contributed by atoms with van der Waals surface area (Å²) in [7, 11) is 0. The molecule has 280 valence electrons. The van der Waals surface area contributed by atoms with Gasteiger partial charge in [0.1, 0.15) is 17.5 Å². The molecule has 2 N–H and O–H groups in total. The van der Waals surface area contributed by atoms with Gasteiger partial charge in [-0.25, -0.2) is 9.59 Å². The van der Waals surface area contributed by atoms with E-state index in [1.807, 2.05) is 60.7 Å². The van der Waals surface area contributed by atoms with Gasteiger partial charge in [0.15, 0.2) is 10.9 Å². The van der Waals surface area contributed by atoms with Gasteiger partial charge >= 0.3 is 29.8 Å². The van der Waals surface area contributed by atoms with E-state index in [-0.39, 0.29) is 26.2 Å². The Bertz CT molecular complexity index is 1910. The number of amides is 6. The Morgan fingerprint density at radius 1 is 0.852 bits per heavy atom. The summed E-state index contributed by atoms with van der Waals surface area (Å²) >= 11 is 1.05. The lowest BCUT2D eigenvalue weighted by Gasteiger charge is -2.42. The lowest BCUT2D eigenvalue weighted by Crippen LogP contribution is -2.68. The number of urea groups is 1. The standard InChI is InChI=1S/C39H39N5O9S/c1-3-42-22-23-43(35(49)34(42)48)38(51)41-29(25-14-8-5-9-15-25)32(46)40-30-33(47)44-24-39(54-36(30)44,21-20-28(45)52-4-2)37(50)53-31(26-16-10-6-11-17-26)27-18-12-7-13-19-27/h5-21,29-31,36H,3-4,22-24H2,1-2H3,(H,40,46)(H,41,51)/t29-,30-,36-,39-/m1/s1. The number of ether oxygens (including phenoxy) is 2. The normalized spacial score (nSPS) is 21.4. The van der Waals surface area contributed by atoms with Gasteiger partial charge in [0.05, 0.1) is 13.2 Å². The molecule has 3 saturated heterocycles. The zero-order valence-electron chi connectivity index (χ0n) is 29.6. The first-order chi connectivity index (χ1) is 26.1. The Balaban J connectivity index is 1.23. The fourth-order valence-corrected chi connectivity index (χ4v) is 8.03. The number of nitrogens with one attached hydrogen (secondary N) is 2. The predicted molar refractivity (Wildman–Crippen MR) is 196 cm³/mol. The second kappa shape index (κ2) is 16.4. The van der Waals surface area contributed by atoms with Gasteiger partial charge in [-0.05, 0) is 36.6 Å². The topological polar surface area (TPSA) is 172 Å². The van der Waals surface area contributed by atoms with Crippen LogP contribution in [-0.2, 0) is 38.2 Å². The zero-order chi connectivity index (χ0) is 38.4. The number of fused-ring (bicyclic) bond motifs is 1. The van der Waals surface area contributed by atoms with Gasteiger partial charge in [-0.3, -0.25) is 28.9 Å². The summed E-state index contributed by atoms with van der Waals surface area (Å²) in [6.45, 7) is 3.71. The van der Waals surface area contributed by atoms with E-state index in [0.717, 1.165) is 22.7 Å². The number of hydrogen-bond acceptors (Lipinski definition) is 10. The van der Waals surface area contributed by atoms with Crippen molar-refractivity contribution >= 4 is 53.4 Å². The van der Waals surface area contributed by atoms with Crippen molar-refractivity contribution in [2.45, 2.75) is 42.2 Å². The summed E-state index contributed by atoms with van der Waals surface area (Å²) in [5.41, 5.74) is 1.78. The van der Waals surface area contributed by atoms with Crippen LogP contribution in [0.15, 0.2) is 103 Å². The zero-order valence-corrected chi connectivity index (χ0v) is 30.4. The lowest BCUT2D eigenvalue weighted by atomic mass is 9.99. The molecule has 3 aliphatic rings. The number of carbonyl (C=O) groups excluding carboxylic acids is 7. The lowest BCUT2D eigenvalue weighted by molar-refractivity contribution is -0.153. The summed E-state index contributed by atoms with van der Waals surface area (Å²) in [6, 6.07) is 23.1. The van der Waals surface area contributed by atoms with Crippen molar-refractivity contribution in [3.63, 3.8) is 0 Å². The molecule has 3 aliphatic heterocycles. The van der Waals surface area contributed by atoms with E-state index in [0.29, 0.717) is 23.2 Å². The van der Waals surface area contributed by atoms with Gasteiger partial charge in [0.25, 0.3) is 0 Å². The number of imide groups is 1. The molecular formula is C39H39N5O9S. The monoisotopic (exact) mass is 753 g/mol. The molecule has 0 unspecified atom stereocenters. The van der Waals surface area contributed by atoms with Crippen LogP contribution in [0.1, 0.15) is 42.7 Å². The van der Waals surface area contributed by atoms with Gasteiger partial charge in [-0.2, -0.15) is 0 Å². The van der Waals surface area contributed by atoms with E-state index >= 15 is 0 Å². The number of rotatable bonds is 12. The number of thioether (sulfide) groups is 1. The van der Waals surface area contributed by atoms with E-state index in [2.05, 4.69) is 10.6 Å². The number of hydrogen-bond donors (Lipinski definition) is 2. The molecule has 0 saturated carbocycles. The number of benzene rings is 3. The number of piperazine rings is 1. The third-order valence-corrected chi connectivity index (χ3v) is 10.9. The fraction of sp³-hybridized carbons (Fsp3) is 0.308. The minimum atomic E-state index is -1.56. The summed E-state index contributed by atoms with van der Waals surface area (Å²) in [4.78, 5) is 96.4. The van der Waals surface area contributed by atoms with Crippen molar-refractivity contribution in [3.8, 4) is 0 Å². The van der Waals surface area contributed by atoms with Crippen LogP contribution < -0.4 is 10.6 Å². The molecule has 3 aromatic rings. The van der Waals surface area contributed by atoms with Gasteiger partial charge in [-0.1, -0.05) is 91.0 Å². The maximum atomic E-state index is 14.3. The third-order valence-electron chi connectivity index (χ3n) is 9.32. The number of β-lactam (4-membered cyclic amide) rings is 1. The summed E-state index contributed by atoms with van der Waals surface area (Å²) in [6.07, 6.45) is 1.70. The predicted octanol–water partition coefficient (Wildman–Crippen LogP) is 2.72. The molecule has 54 heavy (non-hydrogen) atoms. The quantitative estimate of drug-likeness (QED) is 0.121. The molecule has 4 atom stereocenters. The van der Waals surface area contributed by atoms with Crippen molar-refractivity contribution in [3.05, 3.63) is 120 Å². The first kappa shape index (κ1) is 37.8. The molecule has 3 aromatic carbocycles. The van der Waals surface area contributed by atoms with Crippen molar-refractivity contribution < 1.29 is 43.0 Å². The van der Waals surface area contributed by atoms with Crippen LogP contribution in [0, 0.1) is 0 Å². The Labute approximate surface area is 315 Å². The van der Waals surface area contributed by atoms with Crippen LogP contribution >= 0.6 is 11.8 Å². The van der Waals surface area contributed by atoms with Gasteiger partial charge in [0, 0.05) is 25.7 Å².